The van der Waals surface area contributed by atoms with Crippen molar-refractivity contribution in [3.05, 3.63) is 0 Å². The highest BCUT2D eigenvalue weighted by molar-refractivity contribution is 4.95. The van der Waals surface area contributed by atoms with Crippen LogP contribution in [0.3, 0.4) is 0 Å². The Kier molecular flexibility index (Phi) is 4.14. The summed E-state index contributed by atoms with van der Waals surface area (Å²) >= 11 is 0. The molecule has 1 heterocycles. The Morgan fingerprint density at radius 1 is 1.18 bits per heavy atom. The molecular formula is C15H29NO. The molecule has 0 bridgehead atoms. The summed E-state index contributed by atoms with van der Waals surface area (Å²) < 4.78 is 6.56. The van der Waals surface area contributed by atoms with Crippen LogP contribution in [0.15, 0.2) is 0 Å². The summed E-state index contributed by atoms with van der Waals surface area (Å²) in [6, 6.07) is 0. The summed E-state index contributed by atoms with van der Waals surface area (Å²) in [5.74, 6) is 0.938. The Hall–Kier alpha value is -0.0800. The molecule has 2 rings (SSSR count). The number of hydrogen-bond donors (Lipinski definition) is 1. The van der Waals surface area contributed by atoms with Crippen LogP contribution in [0.5, 0.6) is 0 Å². The Balaban J connectivity index is 2.03. The van der Waals surface area contributed by atoms with E-state index in [-0.39, 0.29) is 11.2 Å². The first-order valence-electron chi connectivity index (χ1n) is 7.52. The highest BCUT2D eigenvalue weighted by atomic mass is 16.5. The predicted octanol–water partition coefficient (Wildman–Crippen LogP) is 3.50. The van der Waals surface area contributed by atoms with Gasteiger partial charge in [0.25, 0.3) is 0 Å². The first kappa shape index (κ1) is 13.4. The van der Waals surface area contributed by atoms with E-state index >= 15 is 0 Å². The van der Waals surface area contributed by atoms with E-state index in [2.05, 4.69) is 26.1 Å². The van der Waals surface area contributed by atoms with Crippen LogP contribution >= 0.6 is 0 Å². The molecule has 17 heavy (non-hydrogen) atoms. The molecule has 0 aromatic heterocycles. The molecule has 0 aromatic carbocycles. The SMILES string of the molecule is CCC1CCCC2(CC1)CNCC(C)(CC)O2. The molecule has 2 heteroatoms. The van der Waals surface area contributed by atoms with Gasteiger partial charge in [-0.15, -0.1) is 0 Å². The zero-order valence-corrected chi connectivity index (χ0v) is 11.8. The van der Waals surface area contributed by atoms with Crippen LogP contribution in [0.2, 0.25) is 0 Å². The maximum Gasteiger partial charge on any atom is 0.0814 e. The molecule has 0 amide bonds. The number of rotatable bonds is 2. The number of ether oxygens (including phenoxy) is 1. The van der Waals surface area contributed by atoms with Crippen molar-refractivity contribution in [2.45, 2.75) is 76.9 Å². The van der Waals surface area contributed by atoms with Gasteiger partial charge in [0.05, 0.1) is 11.2 Å². The van der Waals surface area contributed by atoms with Crippen LogP contribution in [0.25, 0.3) is 0 Å². The van der Waals surface area contributed by atoms with E-state index < -0.39 is 0 Å². The standard InChI is InChI=1S/C15H29NO/c1-4-13-7-6-9-15(10-8-13)12-16-11-14(3,5-2)17-15/h13,16H,4-12H2,1-3H3. The van der Waals surface area contributed by atoms with Gasteiger partial charge in [-0.2, -0.15) is 0 Å². The summed E-state index contributed by atoms with van der Waals surface area (Å²) in [5.41, 5.74) is 0.206. The minimum absolute atomic E-state index is 0.0598. The smallest absolute Gasteiger partial charge is 0.0814 e. The normalized spacial score (nSPS) is 43.6. The Labute approximate surface area is 107 Å². The summed E-state index contributed by atoms with van der Waals surface area (Å²) in [7, 11) is 0. The zero-order valence-electron chi connectivity index (χ0n) is 11.8. The lowest BCUT2D eigenvalue weighted by Crippen LogP contribution is -2.58. The van der Waals surface area contributed by atoms with Crippen molar-refractivity contribution >= 4 is 0 Å². The van der Waals surface area contributed by atoms with Gasteiger partial charge in [0, 0.05) is 13.1 Å². The van der Waals surface area contributed by atoms with Crippen molar-refractivity contribution in [3.63, 3.8) is 0 Å². The van der Waals surface area contributed by atoms with Gasteiger partial charge in [-0.1, -0.05) is 33.1 Å². The number of nitrogens with one attached hydrogen (secondary N) is 1. The van der Waals surface area contributed by atoms with E-state index in [4.69, 9.17) is 4.74 Å². The van der Waals surface area contributed by atoms with Crippen LogP contribution < -0.4 is 5.32 Å². The first-order valence-corrected chi connectivity index (χ1v) is 7.52. The molecule has 2 fully saturated rings. The van der Waals surface area contributed by atoms with Crippen molar-refractivity contribution in [2.24, 2.45) is 5.92 Å². The van der Waals surface area contributed by atoms with Gasteiger partial charge in [-0.25, -0.2) is 0 Å². The third kappa shape index (κ3) is 3.03. The predicted molar refractivity (Wildman–Crippen MR) is 72.2 cm³/mol. The fraction of sp³-hybridized carbons (Fsp3) is 1.00. The van der Waals surface area contributed by atoms with E-state index in [0.717, 1.165) is 25.4 Å². The molecule has 2 aliphatic rings. The molecule has 1 aliphatic heterocycles. The summed E-state index contributed by atoms with van der Waals surface area (Å²) in [5, 5.41) is 3.62. The maximum atomic E-state index is 6.56. The molecule has 100 valence electrons. The fourth-order valence-electron chi connectivity index (χ4n) is 3.48. The molecule has 1 spiro atoms. The van der Waals surface area contributed by atoms with Crippen molar-refractivity contribution < 1.29 is 4.74 Å². The van der Waals surface area contributed by atoms with Crippen LogP contribution in [0.4, 0.5) is 0 Å². The Morgan fingerprint density at radius 2 is 2.00 bits per heavy atom. The topological polar surface area (TPSA) is 21.3 Å². The average molecular weight is 239 g/mol. The molecule has 1 N–H and O–H groups in total. The van der Waals surface area contributed by atoms with Gasteiger partial charge in [-0.05, 0) is 38.5 Å². The molecule has 0 radical (unpaired) electrons. The van der Waals surface area contributed by atoms with E-state index in [0.29, 0.717) is 0 Å². The Bertz CT molecular complexity index is 255. The highest BCUT2D eigenvalue weighted by Crippen LogP contribution is 2.39. The average Bonchev–Trinajstić information content (AvgIpc) is 2.52. The second-order valence-electron chi connectivity index (χ2n) is 6.40. The Morgan fingerprint density at radius 3 is 2.71 bits per heavy atom. The fourth-order valence-corrected chi connectivity index (χ4v) is 3.48. The third-order valence-electron chi connectivity index (χ3n) is 4.99. The monoisotopic (exact) mass is 239 g/mol. The molecule has 3 unspecified atom stereocenters. The minimum Gasteiger partial charge on any atom is -0.366 e. The van der Waals surface area contributed by atoms with Gasteiger partial charge >= 0.3 is 0 Å². The number of morpholine rings is 1. The van der Waals surface area contributed by atoms with E-state index in [1.165, 1.54) is 38.5 Å². The van der Waals surface area contributed by atoms with Gasteiger partial charge in [-0.3, -0.25) is 0 Å². The number of hydrogen-bond acceptors (Lipinski definition) is 2. The minimum atomic E-state index is 0.0598. The van der Waals surface area contributed by atoms with Gasteiger partial charge < -0.3 is 10.1 Å². The zero-order chi connectivity index (χ0) is 12.4. The largest absolute Gasteiger partial charge is 0.366 e. The van der Waals surface area contributed by atoms with E-state index in [9.17, 15) is 0 Å². The maximum absolute atomic E-state index is 6.56. The lowest BCUT2D eigenvalue weighted by atomic mass is 9.88. The van der Waals surface area contributed by atoms with Crippen LogP contribution in [0.1, 0.15) is 65.7 Å². The highest BCUT2D eigenvalue weighted by Gasteiger charge is 2.42. The molecule has 0 aromatic rings. The van der Waals surface area contributed by atoms with Crippen molar-refractivity contribution in [3.8, 4) is 0 Å². The molecular weight excluding hydrogens is 210 g/mol. The van der Waals surface area contributed by atoms with Crippen LogP contribution in [-0.4, -0.2) is 24.3 Å². The van der Waals surface area contributed by atoms with Gasteiger partial charge in [0.1, 0.15) is 0 Å². The van der Waals surface area contributed by atoms with Crippen LogP contribution in [0, 0.1) is 5.92 Å². The van der Waals surface area contributed by atoms with Crippen LogP contribution in [-0.2, 0) is 4.74 Å². The molecule has 1 aliphatic carbocycles. The molecule has 2 nitrogen and oxygen atoms in total. The van der Waals surface area contributed by atoms with Gasteiger partial charge in [0.15, 0.2) is 0 Å². The molecule has 1 saturated heterocycles. The van der Waals surface area contributed by atoms with E-state index in [1.807, 2.05) is 0 Å². The second-order valence-corrected chi connectivity index (χ2v) is 6.40. The summed E-state index contributed by atoms with van der Waals surface area (Å²) in [6.45, 7) is 8.93. The third-order valence-corrected chi connectivity index (χ3v) is 4.99. The lowest BCUT2D eigenvalue weighted by molar-refractivity contribution is -0.177. The molecule has 1 saturated carbocycles. The first-order chi connectivity index (χ1) is 8.11. The van der Waals surface area contributed by atoms with Crippen molar-refractivity contribution in [1.82, 2.24) is 5.32 Å². The van der Waals surface area contributed by atoms with Crippen molar-refractivity contribution in [1.29, 1.82) is 0 Å². The van der Waals surface area contributed by atoms with Crippen molar-refractivity contribution in [2.75, 3.05) is 13.1 Å². The molecule has 3 atom stereocenters. The summed E-state index contributed by atoms with van der Waals surface area (Å²) in [6.07, 6.45) is 9.08. The lowest BCUT2D eigenvalue weighted by Gasteiger charge is -2.47. The quantitative estimate of drug-likeness (QED) is 0.796. The van der Waals surface area contributed by atoms with Gasteiger partial charge in [0.2, 0.25) is 0 Å². The summed E-state index contributed by atoms with van der Waals surface area (Å²) in [4.78, 5) is 0. The second kappa shape index (κ2) is 5.27. The van der Waals surface area contributed by atoms with E-state index in [1.54, 1.807) is 0 Å².